The van der Waals surface area contributed by atoms with Gasteiger partial charge in [0, 0.05) is 33.9 Å². The standard InChI is InChI=1S/C12H20BrNOS/c1-4-15-7-12(9(2)3)14-6-11-5-10(13)8-16-11/h5,8-9,12,14H,4,6-7H2,1-3H3. The van der Waals surface area contributed by atoms with Crippen molar-refractivity contribution in [1.29, 1.82) is 0 Å². The molecule has 0 saturated heterocycles. The van der Waals surface area contributed by atoms with Gasteiger partial charge in [0.1, 0.15) is 0 Å². The predicted octanol–water partition coefficient (Wildman–Crippen LogP) is 3.66. The lowest BCUT2D eigenvalue weighted by molar-refractivity contribution is 0.108. The summed E-state index contributed by atoms with van der Waals surface area (Å²) in [5.41, 5.74) is 0. The van der Waals surface area contributed by atoms with Gasteiger partial charge >= 0.3 is 0 Å². The Hall–Kier alpha value is 0.1000. The third kappa shape index (κ3) is 4.95. The van der Waals surface area contributed by atoms with Crippen LogP contribution < -0.4 is 5.32 Å². The van der Waals surface area contributed by atoms with Crippen LogP contribution in [0.5, 0.6) is 0 Å². The zero-order valence-corrected chi connectivity index (χ0v) is 12.5. The smallest absolute Gasteiger partial charge is 0.0622 e. The summed E-state index contributed by atoms with van der Waals surface area (Å²) in [5, 5.41) is 5.66. The van der Waals surface area contributed by atoms with Crippen LogP contribution in [0.15, 0.2) is 15.9 Å². The Kier molecular flexibility index (Phi) is 6.58. The Labute approximate surface area is 111 Å². The molecule has 1 aromatic heterocycles. The second kappa shape index (κ2) is 7.43. The molecule has 0 amide bonds. The molecule has 0 aromatic carbocycles. The van der Waals surface area contributed by atoms with Crippen molar-refractivity contribution in [2.75, 3.05) is 13.2 Å². The summed E-state index contributed by atoms with van der Waals surface area (Å²) < 4.78 is 6.65. The van der Waals surface area contributed by atoms with E-state index < -0.39 is 0 Å². The zero-order valence-electron chi connectivity index (χ0n) is 10.1. The molecule has 0 aliphatic carbocycles. The topological polar surface area (TPSA) is 21.3 Å². The van der Waals surface area contributed by atoms with Crippen LogP contribution in [-0.4, -0.2) is 19.3 Å². The SMILES string of the molecule is CCOCC(NCc1cc(Br)cs1)C(C)C. The fourth-order valence-corrected chi connectivity index (χ4v) is 2.81. The fourth-order valence-electron chi connectivity index (χ4n) is 1.41. The third-order valence-corrected chi connectivity index (χ3v) is 4.16. The van der Waals surface area contributed by atoms with E-state index in [9.17, 15) is 0 Å². The summed E-state index contributed by atoms with van der Waals surface area (Å²) in [6, 6.07) is 2.59. The van der Waals surface area contributed by atoms with Crippen molar-refractivity contribution in [3.8, 4) is 0 Å². The zero-order chi connectivity index (χ0) is 12.0. The Morgan fingerprint density at radius 2 is 2.25 bits per heavy atom. The molecule has 0 bridgehead atoms. The fraction of sp³-hybridized carbons (Fsp3) is 0.667. The summed E-state index contributed by atoms with van der Waals surface area (Å²) in [5.74, 6) is 0.593. The summed E-state index contributed by atoms with van der Waals surface area (Å²) in [6.07, 6.45) is 0. The van der Waals surface area contributed by atoms with Gasteiger partial charge in [-0.2, -0.15) is 0 Å². The van der Waals surface area contributed by atoms with Gasteiger partial charge in [-0.3, -0.25) is 0 Å². The molecule has 0 radical (unpaired) electrons. The lowest BCUT2D eigenvalue weighted by Crippen LogP contribution is -2.37. The first-order chi connectivity index (χ1) is 7.63. The molecule has 1 N–H and O–H groups in total. The first kappa shape index (κ1) is 14.2. The normalized spacial score (nSPS) is 13.3. The maximum absolute atomic E-state index is 5.48. The maximum Gasteiger partial charge on any atom is 0.0622 e. The van der Waals surface area contributed by atoms with E-state index in [1.807, 2.05) is 6.92 Å². The second-order valence-corrected chi connectivity index (χ2v) is 6.03. The molecule has 1 heterocycles. The van der Waals surface area contributed by atoms with E-state index in [-0.39, 0.29) is 0 Å². The van der Waals surface area contributed by atoms with Crippen LogP contribution in [0.4, 0.5) is 0 Å². The summed E-state index contributed by atoms with van der Waals surface area (Å²) in [7, 11) is 0. The highest BCUT2D eigenvalue weighted by atomic mass is 79.9. The Morgan fingerprint density at radius 1 is 1.50 bits per heavy atom. The van der Waals surface area contributed by atoms with Crippen LogP contribution in [0, 0.1) is 5.92 Å². The molecule has 0 saturated carbocycles. The molecule has 0 aliphatic rings. The monoisotopic (exact) mass is 305 g/mol. The number of ether oxygens (including phenoxy) is 1. The van der Waals surface area contributed by atoms with E-state index in [2.05, 4.69) is 46.5 Å². The van der Waals surface area contributed by atoms with Crippen molar-refractivity contribution in [2.45, 2.75) is 33.4 Å². The van der Waals surface area contributed by atoms with E-state index in [4.69, 9.17) is 4.74 Å². The minimum Gasteiger partial charge on any atom is -0.380 e. The van der Waals surface area contributed by atoms with E-state index >= 15 is 0 Å². The largest absolute Gasteiger partial charge is 0.380 e. The van der Waals surface area contributed by atoms with Crippen LogP contribution >= 0.6 is 27.3 Å². The Balaban J connectivity index is 2.37. The predicted molar refractivity (Wildman–Crippen MR) is 74.0 cm³/mol. The molecule has 92 valence electrons. The molecule has 1 rings (SSSR count). The molecular weight excluding hydrogens is 286 g/mol. The molecule has 2 nitrogen and oxygen atoms in total. The first-order valence-electron chi connectivity index (χ1n) is 5.67. The highest BCUT2D eigenvalue weighted by molar-refractivity contribution is 9.10. The van der Waals surface area contributed by atoms with Gasteiger partial charge in [-0.05, 0) is 34.8 Å². The lowest BCUT2D eigenvalue weighted by atomic mass is 10.1. The number of rotatable bonds is 7. The Morgan fingerprint density at radius 3 is 2.75 bits per heavy atom. The van der Waals surface area contributed by atoms with E-state index in [0.717, 1.165) is 19.8 Å². The van der Waals surface area contributed by atoms with Crippen LogP contribution in [0.25, 0.3) is 0 Å². The van der Waals surface area contributed by atoms with Gasteiger partial charge < -0.3 is 10.1 Å². The number of hydrogen-bond donors (Lipinski definition) is 1. The van der Waals surface area contributed by atoms with Crippen molar-refractivity contribution < 1.29 is 4.74 Å². The van der Waals surface area contributed by atoms with Crippen molar-refractivity contribution in [3.05, 3.63) is 20.8 Å². The van der Waals surface area contributed by atoms with Crippen LogP contribution in [0.2, 0.25) is 0 Å². The molecule has 1 atom stereocenters. The Bertz CT molecular complexity index is 301. The molecule has 16 heavy (non-hydrogen) atoms. The first-order valence-corrected chi connectivity index (χ1v) is 7.34. The van der Waals surface area contributed by atoms with Crippen molar-refractivity contribution >= 4 is 27.3 Å². The minimum atomic E-state index is 0.431. The van der Waals surface area contributed by atoms with Crippen LogP contribution in [0.1, 0.15) is 25.6 Å². The highest BCUT2D eigenvalue weighted by Crippen LogP contribution is 2.19. The van der Waals surface area contributed by atoms with E-state index in [1.165, 1.54) is 9.35 Å². The number of thiophene rings is 1. The molecule has 0 aliphatic heterocycles. The number of hydrogen-bond acceptors (Lipinski definition) is 3. The molecular formula is C12H20BrNOS. The maximum atomic E-state index is 5.48. The molecule has 4 heteroatoms. The van der Waals surface area contributed by atoms with Gasteiger partial charge in [-0.1, -0.05) is 13.8 Å². The average molecular weight is 306 g/mol. The van der Waals surface area contributed by atoms with Gasteiger partial charge in [0.25, 0.3) is 0 Å². The van der Waals surface area contributed by atoms with Gasteiger partial charge in [0.15, 0.2) is 0 Å². The van der Waals surface area contributed by atoms with Gasteiger partial charge in [0.2, 0.25) is 0 Å². The van der Waals surface area contributed by atoms with Crippen molar-refractivity contribution in [3.63, 3.8) is 0 Å². The van der Waals surface area contributed by atoms with Crippen molar-refractivity contribution in [2.24, 2.45) is 5.92 Å². The summed E-state index contributed by atoms with van der Waals surface area (Å²) in [4.78, 5) is 1.36. The highest BCUT2D eigenvalue weighted by Gasteiger charge is 2.12. The van der Waals surface area contributed by atoms with Crippen LogP contribution in [0.3, 0.4) is 0 Å². The van der Waals surface area contributed by atoms with Crippen molar-refractivity contribution in [1.82, 2.24) is 5.32 Å². The quantitative estimate of drug-likeness (QED) is 0.830. The average Bonchev–Trinajstić information content (AvgIpc) is 2.64. The van der Waals surface area contributed by atoms with Gasteiger partial charge in [-0.25, -0.2) is 0 Å². The van der Waals surface area contributed by atoms with E-state index in [1.54, 1.807) is 11.3 Å². The number of nitrogens with one attached hydrogen (secondary N) is 1. The third-order valence-electron chi connectivity index (χ3n) is 2.47. The molecule has 0 spiro atoms. The minimum absolute atomic E-state index is 0.431. The second-order valence-electron chi connectivity index (χ2n) is 4.12. The molecule has 1 aromatic rings. The summed E-state index contributed by atoms with van der Waals surface area (Å²) in [6.45, 7) is 8.98. The molecule has 0 fully saturated rings. The molecule has 1 unspecified atom stereocenters. The summed E-state index contributed by atoms with van der Waals surface area (Å²) >= 11 is 5.24. The number of halogens is 1. The van der Waals surface area contributed by atoms with Gasteiger partial charge in [-0.15, -0.1) is 11.3 Å². The van der Waals surface area contributed by atoms with E-state index in [0.29, 0.717) is 12.0 Å². The van der Waals surface area contributed by atoms with Gasteiger partial charge in [0.05, 0.1) is 6.61 Å². The van der Waals surface area contributed by atoms with Crippen LogP contribution in [-0.2, 0) is 11.3 Å². The lowest BCUT2D eigenvalue weighted by Gasteiger charge is -2.21.